The van der Waals surface area contributed by atoms with Crippen LogP contribution in [0.15, 0.2) is 78.0 Å². The monoisotopic (exact) mass is 461 g/mol. The van der Waals surface area contributed by atoms with Gasteiger partial charge in [0.05, 0.1) is 27.1 Å². The number of para-hydroxylation sites is 1. The van der Waals surface area contributed by atoms with E-state index < -0.39 is 0 Å². The van der Waals surface area contributed by atoms with Crippen LogP contribution in [0.3, 0.4) is 0 Å². The zero-order valence-electron chi connectivity index (χ0n) is 18.5. The topological polar surface area (TPSA) is 75.5 Å². The van der Waals surface area contributed by atoms with Gasteiger partial charge in [-0.25, -0.2) is 0 Å². The normalized spacial score (nSPS) is 10.6. The number of ketones is 1. The Bertz CT molecular complexity index is 1220. The smallest absolute Gasteiger partial charge is 0.196 e. The minimum absolute atomic E-state index is 0.00476. The van der Waals surface area contributed by atoms with Crippen LogP contribution in [0.4, 0.5) is 0 Å². The molecule has 1 aromatic heterocycles. The molecule has 4 aromatic rings. The van der Waals surface area contributed by atoms with Crippen LogP contribution in [0, 0.1) is 0 Å². The van der Waals surface area contributed by atoms with Crippen molar-refractivity contribution in [2.75, 3.05) is 27.1 Å². The van der Waals surface area contributed by atoms with Crippen molar-refractivity contribution in [1.29, 1.82) is 0 Å². The molecular weight excluding hydrogens is 438 g/mol. The first-order valence-electron chi connectivity index (χ1n) is 10.2. The largest absolute Gasteiger partial charge is 0.497 e. The number of hydrogen-bond acceptors (Lipinski definition) is 7. The third-order valence-electron chi connectivity index (χ3n) is 5.00. The van der Waals surface area contributed by atoms with Gasteiger partial charge in [-0.15, -0.1) is 10.2 Å². The Kier molecular flexibility index (Phi) is 6.95. The summed E-state index contributed by atoms with van der Waals surface area (Å²) in [5, 5.41) is 9.45. The molecular formula is C25H23N3O4S. The molecule has 0 aliphatic rings. The van der Waals surface area contributed by atoms with Gasteiger partial charge in [0, 0.05) is 22.9 Å². The molecule has 0 radical (unpaired) electrons. The quantitative estimate of drug-likeness (QED) is 0.258. The third-order valence-corrected chi connectivity index (χ3v) is 5.93. The van der Waals surface area contributed by atoms with Gasteiger partial charge in [-0.2, -0.15) is 0 Å². The highest BCUT2D eigenvalue weighted by Crippen LogP contribution is 2.33. The van der Waals surface area contributed by atoms with E-state index >= 15 is 0 Å². The van der Waals surface area contributed by atoms with Crippen molar-refractivity contribution < 1.29 is 19.0 Å². The highest BCUT2D eigenvalue weighted by Gasteiger charge is 2.19. The molecule has 0 unspecified atom stereocenters. The van der Waals surface area contributed by atoms with Crippen molar-refractivity contribution in [3.63, 3.8) is 0 Å². The van der Waals surface area contributed by atoms with Crippen LogP contribution in [0.5, 0.6) is 17.2 Å². The fraction of sp³-hybridized carbons (Fsp3) is 0.160. The van der Waals surface area contributed by atoms with E-state index in [2.05, 4.69) is 10.2 Å². The molecule has 0 aliphatic carbocycles. The van der Waals surface area contributed by atoms with Crippen LogP contribution in [0.1, 0.15) is 10.4 Å². The van der Waals surface area contributed by atoms with Gasteiger partial charge in [-0.3, -0.25) is 9.36 Å². The van der Waals surface area contributed by atoms with Gasteiger partial charge in [0.25, 0.3) is 0 Å². The van der Waals surface area contributed by atoms with Crippen LogP contribution in [0.2, 0.25) is 0 Å². The number of thioether (sulfide) groups is 1. The summed E-state index contributed by atoms with van der Waals surface area (Å²) in [5.41, 5.74) is 2.29. The standard InChI is InChI=1S/C25H23N3O4S/c1-30-20-11-9-17(10-12-20)23(29)16-33-25-27-26-24(28(25)19-7-5-4-6-8-19)18-13-21(31-2)15-22(14-18)32-3/h4-15H,16H2,1-3H3. The molecule has 0 saturated carbocycles. The number of Topliss-reactive ketones (excluding diaryl/α,β-unsaturated/α-hetero) is 1. The Morgan fingerprint density at radius 2 is 1.45 bits per heavy atom. The summed E-state index contributed by atoms with van der Waals surface area (Å²) >= 11 is 1.34. The van der Waals surface area contributed by atoms with Crippen LogP contribution in [-0.4, -0.2) is 47.6 Å². The van der Waals surface area contributed by atoms with E-state index in [1.165, 1.54) is 11.8 Å². The van der Waals surface area contributed by atoms with Crippen molar-refractivity contribution >= 4 is 17.5 Å². The molecule has 0 saturated heterocycles. The van der Waals surface area contributed by atoms with Gasteiger partial charge in [0.2, 0.25) is 0 Å². The minimum Gasteiger partial charge on any atom is -0.497 e. The van der Waals surface area contributed by atoms with Crippen molar-refractivity contribution in [3.8, 4) is 34.3 Å². The number of nitrogens with zero attached hydrogens (tertiary/aromatic N) is 3. The Balaban J connectivity index is 1.68. The predicted octanol–water partition coefficient (Wildman–Crippen LogP) is 4.94. The van der Waals surface area contributed by atoms with Crippen LogP contribution in [0.25, 0.3) is 17.1 Å². The van der Waals surface area contributed by atoms with Gasteiger partial charge in [-0.05, 0) is 48.5 Å². The zero-order chi connectivity index (χ0) is 23.2. The molecule has 3 aromatic carbocycles. The second-order valence-electron chi connectivity index (χ2n) is 7.02. The highest BCUT2D eigenvalue weighted by molar-refractivity contribution is 7.99. The first-order chi connectivity index (χ1) is 16.1. The summed E-state index contributed by atoms with van der Waals surface area (Å²) in [6.07, 6.45) is 0. The lowest BCUT2D eigenvalue weighted by molar-refractivity contribution is 0.102. The van der Waals surface area contributed by atoms with Crippen LogP contribution >= 0.6 is 11.8 Å². The molecule has 0 spiro atoms. The lowest BCUT2D eigenvalue weighted by Gasteiger charge is -2.12. The molecule has 0 N–H and O–H groups in total. The number of carbonyl (C=O) groups is 1. The number of methoxy groups -OCH3 is 3. The summed E-state index contributed by atoms with van der Waals surface area (Å²) in [6.45, 7) is 0. The lowest BCUT2D eigenvalue weighted by Crippen LogP contribution is -2.05. The van der Waals surface area contributed by atoms with Crippen molar-refractivity contribution in [2.24, 2.45) is 0 Å². The third kappa shape index (κ3) is 5.01. The van der Waals surface area contributed by atoms with Gasteiger partial charge in [-0.1, -0.05) is 30.0 Å². The first kappa shape index (κ1) is 22.4. The molecule has 168 valence electrons. The number of hydrogen-bond donors (Lipinski definition) is 0. The van der Waals surface area contributed by atoms with Crippen molar-refractivity contribution in [2.45, 2.75) is 5.16 Å². The number of carbonyl (C=O) groups excluding carboxylic acids is 1. The maximum atomic E-state index is 12.8. The fourth-order valence-electron chi connectivity index (χ4n) is 3.29. The molecule has 0 amide bonds. The van der Waals surface area contributed by atoms with Gasteiger partial charge in [0.1, 0.15) is 17.2 Å². The van der Waals surface area contributed by atoms with Crippen molar-refractivity contribution in [1.82, 2.24) is 14.8 Å². The lowest BCUT2D eigenvalue weighted by atomic mass is 10.1. The predicted molar refractivity (Wildman–Crippen MR) is 128 cm³/mol. The SMILES string of the molecule is COc1ccc(C(=O)CSc2nnc(-c3cc(OC)cc(OC)c3)n2-c2ccccc2)cc1. The second kappa shape index (κ2) is 10.2. The highest BCUT2D eigenvalue weighted by atomic mass is 32.2. The molecule has 7 nitrogen and oxygen atoms in total. The summed E-state index contributed by atoms with van der Waals surface area (Å²) < 4.78 is 17.9. The number of aromatic nitrogens is 3. The van der Waals surface area contributed by atoms with E-state index in [9.17, 15) is 4.79 Å². The Morgan fingerprint density at radius 3 is 2.06 bits per heavy atom. The fourth-order valence-corrected chi connectivity index (χ4v) is 4.13. The maximum absolute atomic E-state index is 12.8. The molecule has 33 heavy (non-hydrogen) atoms. The average molecular weight is 462 g/mol. The van der Waals surface area contributed by atoms with Crippen LogP contribution in [-0.2, 0) is 0 Å². The van der Waals surface area contributed by atoms with Gasteiger partial charge < -0.3 is 14.2 Å². The molecule has 0 aliphatic heterocycles. The summed E-state index contributed by atoms with van der Waals surface area (Å²) in [7, 11) is 4.80. The Morgan fingerprint density at radius 1 is 0.818 bits per heavy atom. The Hall–Kier alpha value is -3.78. The summed E-state index contributed by atoms with van der Waals surface area (Å²) in [5.74, 6) is 2.85. The molecule has 0 fully saturated rings. The number of ether oxygens (including phenoxy) is 3. The number of rotatable bonds is 9. The molecule has 4 rings (SSSR count). The van der Waals surface area contributed by atoms with E-state index in [0.717, 1.165) is 11.3 Å². The summed E-state index contributed by atoms with van der Waals surface area (Å²) in [6, 6.07) is 22.4. The number of benzene rings is 3. The maximum Gasteiger partial charge on any atom is 0.196 e. The van der Waals surface area contributed by atoms with Gasteiger partial charge >= 0.3 is 0 Å². The van der Waals surface area contributed by atoms with E-state index in [4.69, 9.17) is 14.2 Å². The average Bonchev–Trinajstić information content (AvgIpc) is 3.31. The molecule has 8 heteroatoms. The van der Waals surface area contributed by atoms with Crippen LogP contribution < -0.4 is 14.2 Å². The van der Waals surface area contributed by atoms with Crippen molar-refractivity contribution in [3.05, 3.63) is 78.4 Å². The van der Waals surface area contributed by atoms with E-state index in [-0.39, 0.29) is 11.5 Å². The van der Waals surface area contributed by atoms with E-state index in [0.29, 0.717) is 33.8 Å². The molecule has 0 bridgehead atoms. The van der Waals surface area contributed by atoms with E-state index in [1.54, 1.807) is 51.7 Å². The molecule has 1 heterocycles. The molecule has 0 atom stereocenters. The van der Waals surface area contributed by atoms with Gasteiger partial charge in [0.15, 0.2) is 16.8 Å². The first-order valence-corrected chi connectivity index (χ1v) is 11.2. The zero-order valence-corrected chi connectivity index (χ0v) is 19.3. The minimum atomic E-state index is -0.00476. The Labute approximate surface area is 196 Å². The summed E-state index contributed by atoms with van der Waals surface area (Å²) in [4.78, 5) is 12.8. The van der Waals surface area contributed by atoms with E-state index in [1.807, 2.05) is 47.0 Å². The second-order valence-corrected chi connectivity index (χ2v) is 7.96.